The zero-order valence-corrected chi connectivity index (χ0v) is 19.2. The first kappa shape index (κ1) is 35.8. The number of hydrogen-bond donors (Lipinski definition) is 1. The van der Waals surface area contributed by atoms with E-state index in [-0.39, 0.29) is 12.1 Å². The Labute approximate surface area is 214 Å². The van der Waals surface area contributed by atoms with E-state index in [1.54, 1.807) is 0 Å². The number of ether oxygens (including phenoxy) is 4. The summed E-state index contributed by atoms with van der Waals surface area (Å²) in [4.78, 5) is 22.9. The molecule has 41 heavy (non-hydrogen) atoms. The van der Waals surface area contributed by atoms with E-state index in [9.17, 15) is 79.8 Å². The molecule has 1 N–H and O–H groups in total. The van der Waals surface area contributed by atoms with Gasteiger partial charge < -0.3 is 14.6 Å². The summed E-state index contributed by atoms with van der Waals surface area (Å²) < 4.78 is 222. The second-order valence-electron chi connectivity index (χ2n) is 7.34. The van der Waals surface area contributed by atoms with Crippen molar-refractivity contribution in [1.29, 1.82) is 0 Å². The molecule has 23 heteroatoms. The second-order valence-corrected chi connectivity index (χ2v) is 7.34. The van der Waals surface area contributed by atoms with Crippen molar-refractivity contribution in [2.75, 3.05) is 7.11 Å². The van der Waals surface area contributed by atoms with E-state index in [2.05, 4.69) is 14.2 Å². The lowest BCUT2D eigenvalue weighted by Crippen LogP contribution is -2.66. The number of halogens is 16. The van der Waals surface area contributed by atoms with Crippen LogP contribution in [0.2, 0.25) is 0 Å². The van der Waals surface area contributed by atoms with Gasteiger partial charge in [-0.1, -0.05) is 0 Å². The Morgan fingerprint density at radius 2 is 1.24 bits per heavy atom. The zero-order chi connectivity index (χ0) is 32.8. The third-order valence-corrected chi connectivity index (χ3v) is 4.52. The van der Waals surface area contributed by atoms with E-state index in [0.29, 0.717) is 7.11 Å². The summed E-state index contributed by atoms with van der Waals surface area (Å²) in [5.74, 6) is -20.8. The molecule has 236 valence electrons. The number of benzene rings is 1. The number of aromatic carboxylic acids is 1. The molecule has 1 rings (SSSR count). The Morgan fingerprint density at radius 1 is 0.780 bits per heavy atom. The molecule has 0 aliphatic rings. The molecule has 7 nitrogen and oxygen atoms in total. The Balaban J connectivity index is 3.51. The molecule has 0 aliphatic heterocycles. The minimum absolute atomic E-state index is 0.0565. The smallest absolute Gasteiger partial charge is 0.462 e. The predicted octanol–water partition coefficient (Wildman–Crippen LogP) is 6.39. The highest BCUT2D eigenvalue weighted by molar-refractivity contribution is 5.98. The average Bonchev–Trinajstić information content (AvgIpc) is 2.76. The van der Waals surface area contributed by atoms with Crippen molar-refractivity contribution in [2.45, 2.75) is 55.7 Å². The number of alkyl halides is 16. The van der Waals surface area contributed by atoms with Crippen molar-refractivity contribution >= 4 is 11.9 Å². The first-order chi connectivity index (χ1) is 18.0. The number of esters is 1. The van der Waals surface area contributed by atoms with Crippen LogP contribution in [0.25, 0.3) is 0 Å². The van der Waals surface area contributed by atoms with Gasteiger partial charge in [-0.3, -0.25) is 9.47 Å². The lowest BCUT2D eigenvalue weighted by atomic mass is 10.0. The largest absolute Gasteiger partial charge is 0.478 e. The minimum atomic E-state index is -7.88. The number of carboxylic acids is 1. The average molecular weight is 642 g/mol. The lowest BCUT2D eigenvalue weighted by molar-refractivity contribution is -0.543. The summed E-state index contributed by atoms with van der Waals surface area (Å²) in [5, 5.41) is 9.06. The molecule has 1 aromatic carbocycles. The fraction of sp³-hybridized carbons (Fsp3) is 0.556. The number of hydrogen-bond acceptors (Lipinski definition) is 6. The molecule has 0 saturated carbocycles. The predicted molar refractivity (Wildman–Crippen MR) is 92.9 cm³/mol. The van der Waals surface area contributed by atoms with Crippen LogP contribution in [0.3, 0.4) is 0 Å². The molecular formula is C18H10F16O7. The molecule has 0 saturated heterocycles. The monoisotopic (exact) mass is 642 g/mol. The third-order valence-electron chi connectivity index (χ3n) is 4.52. The fourth-order valence-electron chi connectivity index (χ4n) is 2.46. The van der Waals surface area contributed by atoms with Crippen LogP contribution in [0, 0.1) is 6.92 Å². The van der Waals surface area contributed by atoms with Crippen LogP contribution in [0.15, 0.2) is 12.1 Å². The summed E-state index contributed by atoms with van der Waals surface area (Å²) in [6.45, 7) is 0.884. The van der Waals surface area contributed by atoms with Crippen molar-refractivity contribution in [3.63, 3.8) is 0 Å². The molecule has 0 amide bonds. The van der Waals surface area contributed by atoms with Crippen LogP contribution >= 0.6 is 0 Å². The Morgan fingerprint density at radius 3 is 1.63 bits per heavy atom. The zero-order valence-electron chi connectivity index (χ0n) is 19.2. The molecule has 1 aromatic rings. The maximum absolute atomic E-state index is 14.1. The van der Waals surface area contributed by atoms with Gasteiger partial charge in [0.05, 0.1) is 18.2 Å². The van der Waals surface area contributed by atoms with Gasteiger partial charge in [-0.2, -0.15) is 65.9 Å². The molecule has 0 aromatic heterocycles. The van der Waals surface area contributed by atoms with Crippen molar-refractivity contribution in [3.05, 3.63) is 28.8 Å². The highest BCUT2D eigenvalue weighted by Crippen LogP contribution is 2.55. The molecule has 0 aliphatic carbocycles. The first-order valence-electron chi connectivity index (χ1n) is 9.50. The summed E-state index contributed by atoms with van der Waals surface area (Å²) in [6.07, 6.45) is -42.4. The minimum Gasteiger partial charge on any atom is -0.478 e. The summed E-state index contributed by atoms with van der Waals surface area (Å²) in [6, 6.07) is 0.200. The Bertz CT molecular complexity index is 1150. The van der Waals surface area contributed by atoms with Crippen LogP contribution in [-0.2, 0) is 14.2 Å². The van der Waals surface area contributed by atoms with Crippen LogP contribution in [0.1, 0.15) is 26.3 Å². The number of rotatable bonds is 11. The molecule has 2 unspecified atom stereocenters. The molecule has 0 bridgehead atoms. The standard InChI is InChI=1S/C18H10F16O7/c1-5-7(9(35)36)3-6(4-8(5)10(37)38-2)39-12(20,21)11(19)40-18(33,34)14(24,16(28,29)30)41-17(31,32)13(22,23)15(25,26)27/h3-4,11H,1-2H3,(H,35,36). The van der Waals surface area contributed by atoms with Crippen molar-refractivity contribution in [3.8, 4) is 5.75 Å². The van der Waals surface area contributed by atoms with E-state index < -0.39 is 83.2 Å². The Kier molecular flexibility index (Phi) is 9.49. The van der Waals surface area contributed by atoms with Gasteiger partial charge in [0.15, 0.2) is 0 Å². The van der Waals surface area contributed by atoms with E-state index in [1.165, 1.54) is 4.74 Å². The number of methoxy groups -OCH3 is 1. The molecule has 0 fully saturated rings. The van der Waals surface area contributed by atoms with Gasteiger partial charge in [0.25, 0.3) is 0 Å². The topological polar surface area (TPSA) is 91.3 Å². The first-order valence-corrected chi connectivity index (χ1v) is 9.50. The van der Waals surface area contributed by atoms with Crippen LogP contribution in [0.5, 0.6) is 5.75 Å². The van der Waals surface area contributed by atoms with Gasteiger partial charge in [0.2, 0.25) is 0 Å². The lowest BCUT2D eigenvalue weighted by Gasteiger charge is -2.38. The van der Waals surface area contributed by atoms with Crippen molar-refractivity contribution < 1.29 is 104 Å². The van der Waals surface area contributed by atoms with E-state index >= 15 is 0 Å². The SMILES string of the molecule is COC(=O)c1cc(OC(F)(F)C(F)OC(F)(F)C(F)(OC(F)(F)C(F)(F)C(F)(F)F)C(F)(F)F)cc(C(=O)O)c1C. The number of carboxylic acid groups (broad SMARTS) is 1. The van der Waals surface area contributed by atoms with E-state index in [4.69, 9.17) is 5.11 Å². The normalized spacial score (nSPS) is 16.1. The highest BCUT2D eigenvalue weighted by atomic mass is 19.4. The summed E-state index contributed by atoms with van der Waals surface area (Å²) in [7, 11) is 0.678. The van der Waals surface area contributed by atoms with Gasteiger partial charge in [0, 0.05) is 0 Å². The maximum Gasteiger partial charge on any atom is 0.462 e. The molecule has 2 atom stereocenters. The molecule has 0 spiro atoms. The molecular weight excluding hydrogens is 632 g/mol. The van der Waals surface area contributed by atoms with Crippen LogP contribution in [-0.4, -0.2) is 73.0 Å². The van der Waals surface area contributed by atoms with Crippen molar-refractivity contribution in [2.24, 2.45) is 0 Å². The van der Waals surface area contributed by atoms with Crippen LogP contribution in [0.4, 0.5) is 70.2 Å². The summed E-state index contributed by atoms with van der Waals surface area (Å²) >= 11 is 0. The van der Waals surface area contributed by atoms with Gasteiger partial charge >= 0.3 is 60.8 Å². The van der Waals surface area contributed by atoms with Gasteiger partial charge in [-0.25, -0.2) is 14.0 Å². The third kappa shape index (κ3) is 6.81. The fourth-order valence-corrected chi connectivity index (χ4v) is 2.46. The molecule has 0 radical (unpaired) electrons. The van der Waals surface area contributed by atoms with Gasteiger partial charge in [0.1, 0.15) is 5.75 Å². The quantitative estimate of drug-likeness (QED) is 0.221. The van der Waals surface area contributed by atoms with Gasteiger partial charge in [-0.05, 0) is 24.6 Å². The number of carbonyl (C=O) groups is 2. The van der Waals surface area contributed by atoms with E-state index in [1.807, 2.05) is 0 Å². The van der Waals surface area contributed by atoms with Crippen LogP contribution < -0.4 is 4.74 Å². The van der Waals surface area contributed by atoms with Gasteiger partial charge in [-0.15, -0.1) is 0 Å². The highest BCUT2D eigenvalue weighted by Gasteiger charge is 2.84. The summed E-state index contributed by atoms with van der Waals surface area (Å²) in [5.41, 5.74) is -2.52. The maximum atomic E-state index is 14.1. The Hall–Kier alpha value is -3.24. The van der Waals surface area contributed by atoms with Crippen molar-refractivity contribution in [1.82, 2.24) is 0 Å². The second kappa shape index (κ2) is 10.9. The molecule has 0 heterocycles. The number of carbonyl (C=O) groups excluding carboxylic acids is 1. The van der Waals surface area contributed by atoms with E-state index in [0.717, 1.165) is 6.92 Å².